The zero-order valence-corrected chi connectivity index (χ0v) is 12.4. The Labute approximate surface area is 124 Å². The van der Waals surface area contributed by atoms with Crippen molar-refractivity contribution >= 4 is 11.9 Å². The van der Waals surface area contributed by atoms with E-state index in [2.05, 4.69) is 10.6 Å². The maximum Gasteiger partial charge on any atom is 0.314 e. The molecule has 6 nitrogen and oxygen atoms in total. The molecule has 1 aromatic heterocycles. The summed E-state index contributed by atoms with van der Waals surface area (Å²) in [6.45, 7) is 4.85. The van der Waals surface area contributed by atoms with Crippen molar-refractivity contribution in [1.82, 2.24) is 15.5 Å². The van der Waals surface area contributed by atoms with Crippen LogP contribution in [0.25, 0.3) is 0 Å². The molecule has 0 aromatic carbocycles. The summed E-state index contributed by atoms with van der Waals surface area (Å²) >= 11 is 0. The molecule has 2 N–H and O–H groups in total. The van der Waals surface area contributed by atoms with Crippen molar-refractivity contribution < 1.29 is 14.0 Å². The van der Waals surface area contributed by atoms with Crippen LogP contribution in [0.1, 0.15) is 36.5 Å². The van der Waals surface area contributed by atoms with Crippen molar-refractivity contribution in [3.8, 4) is 0 Å². The zero-order valence-electron chi connectivity index (χ0n) is 12.4. The minimum atomic E-state index is -0.103. The highest BCUT2D eigenvalue weighted by molar-refractivity contribution is 5.93. The molecular formula is C15H23N3O3. The number of amides is 3. The van der Waals surface area contributed by atoms with Crippen LogP contribution in [0.3, 0.4) is 0 Å². The minimum absolute atomic E-state index is 0.0239. The summed E-state index contributed by atoms with van der Waals surface area (Å²) in [5, 5.41) is 5.68. The van der Waals surface area contributed by atoms with E-state index in [4.69, 9.17) is 4.42 Å². The average Bonchev–Trinajstić information content (AvgIpc) is 3.05. The fourth-order valence-corrected chi connectivity index (χ4v) is 2.45. The van der Waals surface area contributed by atoms with E-state index in [1.807, 2.05) is 11.8 Å². The largest absolute Gasteiger partial charge is 0.472 e. The van der Waals surface area contributed by atoms with Crippen molar-refractivity contribution in [1.29, 1.82) is 0 Å². The molecule has 3 amide bonds. The second-order valence-corrected chi connectivity index (χ2v) is 5.38. The van der Waals surface area contributed by atoms with Gasteiger partial charge in [0.2, 0.25) is 0 Å². The fourth-order valence-electron chi connectivity index (χ4n) is 2.45. The van der Waals surface area contributed by atoms with Crippen LogP contribution in [0, 0.1) is 5.92 Å². The first-order valence-electron chi connectivity index (χ1n) is 7.54. The van der Waals surface area contributed by atoms with Gasteiger partial charge in [-0.05, 0) is 31.2 Å². The number of piperidine rings is 1. The fraction of sp³-hybridized carbons (Fsp3) is 0.600. The smallest absolute Gasteiger partial charge is 0.314 e. The van der Waals surface area contributed by atoms with Gasteiger partial charge in [-0.1, -0.05) is 6.92 Å². The molecule has 0 bridgehead atoms. The lowest BCUT2D eigenvalue weighted by molar-refractivity contribution is 0.0690. The van der Waals surface area contributed by atoms with Crippen molar-refractivity contribution in [2.45, 2.75) is 26.2 Å². The number of carbonyl (C=O) groups is 2. The predicted octanol–water partition coefficient (Wildman–Crippen LogP) is 1.84. The van der Waals surface area contributed by atoms with Crippen LogP contribution in [0.4, 0.5) is 4.79 Å². The van der Waals surface area contributed by atoms with Gasteiger partial charge >= 0.3 is 6.03 Å². The van der Waals surface area contributed by atoms with Gasteiger partial charge in [0, 0.05) is 26.2 Å². The number of hydrogen-bond donors (Lipinski definition) is 2. The molecule has 116 valence electrons. The first-order valence-corrected chi connectivity index (χ1v) is 7.54. The number of hydrogen-bond acceptors (Lipinski definition) is 3. The maximum atomic E-state index is 12.1. The van der Waals surface area contributed by atoms with E-state index in [1.54, 1.807) is 6.07 Å². The summed E-state index contributed by atoms with van der Waals surface area (Å²) in [4.78, 5) is 25.5. The van der Waals surface area contributed by atoms with Gasteiger partial charge in [-0.15, -0.1) is 0 Å². The molecule has 21 heavy (non-hydrogen) atoms. The van der Waals surface area contributed by atoms with E-state index in [-0.39, 0.29) is 11.9 Å². The molecule has 2 rings (SSSR count). The topological polar surface area (TPSA) is 74.6 Å². The number of carbonyl (C=O) groups excluding carboxylic acids is 2. The molecule has 0 aliphatic carbocycles. The second-order valence-electron chi connectivity index (χ2n) is 5.38. The average molecular weight is 293 g/mol. The summed E-state index contributed by atoms with van der Waals surface area (Å²) in [6.07, 6.45) is 5.75. The molecule has 0 saturated carbocycles. The van der Waals surface area contributed by atoms with Gasteiger partial charge in [0.25, 0.3) is 5.91 Å². The van der Waals surface area contributed by atoms with E-state index in [1.165, 1.54) is 12.5 Å². The molecule has 1 aromatic rings. The van der Waals surface area contributed by atoms with Gasteiger partial charge in [-0.3, -0.25) is 4.79 Å². The molecule has 6 heteroatoms. The number of likely N-dealkylation sites (tertiary alicyclic amines) is 1. The molecule has 1 aliphatic rings. The lowest BCUT2D eigenvalue weighted by Crippen LogP contribution is -2.43. The Morgan fingerprint density at radius 3 is 2.71 bits per heavy atom. The van der Waals surface area contributed by atoms with Crippen LogP contribution in [0.15, 0.2) is 23.0 Å². The number of furan rings is 1. The van der Waals surface area contributed by atoms with Gasteiger partial charge < -0.3 is 20.0 Å². The first kappa shape index (κ1) is 15.4. The van der Waals surface area contributed by atoms with Gasteiger partial charge in [0.1, 0.15) is 6.26 Å². The molecule has 0 unspecified atom stereocenters. The van der Waals surface area contributed by atoms with E-state index in [9.17, 15) is 9.59 Å². The van der Waals surface area contributed by atoms with Crippen LogP contribution < -0.4 is 10.6 Å². The maximum absolute atomic E-state index is 12.1. The van der Waals surface area contributed by atoms with Crippen LogP contribution >= 0.6 is 0 Å². The van der Waals surface area contributed by atoms with Crippen molar-refractivity contribution in [2.24, 2.45) is 5.92 Å². The first-order chi connectivity index (χ1) is 10.2. The molecule has 1 fully saturated rings. The van der Waals surface area contributed by atoms with Crippen molar-refractivity contribution in [3.63, 3.8) is 0 Å². The van der Waals surface area contributed by atoms with Gasteiger partial charge in [-0.2, -0.15) is 0 Å². The Morgan fingerprint density at radius 1 is 1.33 bits per heavy atom. The van der Waals surface area contributed by atoms with E-state index in [0.29, 0.717) is 24.6 Å². The standard InChI is InChI=1S/C15H23N3O3/c1-2-6-16-15(20)17-10-12-3-7-18(8-4-12)14(19)13-5-9-21-11-13/h5,9,11-12H,2-4,6-8,10H2,1H3,(H2,16,17,20). The third kappa shape index (κ3) is 4.51. The Kier molecular flexibility index (Phi) is 5.66. The van der Waals surface area contributed by atoms with Gasteiger partial charge in [0.15, 0.2) is 0 Å². The van der Waals surface area contributed by atoms with Gasteiger partial charge in [0.05, 0.1) is 11.8 Å². The number of nitrogens with zero attached hydrogens (tertiary/aromatic N) is 1. The lowest BCUT2D eigenvalue weighted by Gasteiger charge is -2.31. The molecule has 0 spiro atoms. The highest BCUT2D eigenvalue weighted by Crippen LogP contribution is 2.18. The van der Waals surface area contributed by atoms with E-state index < -0.39 is 0 Å². The van der Waals surface area contributed by atoms with Crippen LogP contribution in [0.5, 0.6) is 0 Å². The highest BCUT2D eigenvalue weighted by atomic mass is 16.3. The second kappa shape index (κ2) is 7.71. The van der Waals surface area contributed by atoms with E-state index in [0.717, 1.165) is 32.4 Å². The molecule has 2 heterocycles. The van der Waals surface area contributed by atoms with Crippen LogP contribution in [-0.4, -0.2) is 43.0 Å². The monoisotopic (exact) mass is 293 g/mol. The van der Waals surface area contributed by atoms with Crippen molar-refractivity contribution in [3.05, 3.63) is 24.2 Å². The quantitative estimate of drug-likeness (QED) is 0.870. The summed E-state index contributed by atoms with van der Waals surface area (Å²) in [5.74, 6) is 0.460. The Balaban J connectivity index is 1.69. The van der Waals surface area contributed by atoms with Crippen LogP contribution in [0.2, 0.25) is 0 Å². The summed E-state index contributed by atoms with van der Waals surface area (Å²) in [6, 6.07) is 1.59. The minimum Gasteiger partial charge on any atom is -0.472 e. The molecule has 1 aliphatic heterocycles. The third-order valence-corrected chi connectivity index (χ3v) is 3.76. The normalized spacial score (nSPS) is 15.8. The highest BCUT2D eigenvalue weighted by Gasteiger charge is 2.24. The zero-order chi connectivity index (χ0) is 15.1. The van der Waals surface area contributed by atoms with Crippen LogP contribution in [-0.2, 0) is 0 Å². The SMILES string of the molecule is CCCNC(=O)NCC1CCN(C(=O)c2ccoc2)CC1. The lowest BCUT2D eigenvalue weighted by atomic mass is 9.96. The summed E-state index contributed by atoms with van der Waals surface area (Å²) in [7, 11) is 0. The number of nitrogens with one attached hydrogen (secondary N) is 2. The van der Waals surface area contributed by atoms with E-state index >= 15 is 0 Å². The molecular weight excluding hydrogens is 270 g/mol. The Bertz CT molecular complexity index is 451. The molecule has 0 atom stereocenters. The summed E-state index contributed by atoms with van der Waals surface area (Å²) in [5.41, 5.74) is 0.602. The third-order valence-electron chi connectivity index (χ3n) is 3.76. The summed E-state index contributed by atoms with van der Waals surface area (Å²) < 4.78 is 4.94. The molecule has 1 saturated heterocycles. The van der Waals surface area contributed by atoms with Crippen molar-refractivity contribution in [2.75, 3.05) is 26.2 Å². The number of urea groups is 1. The number of rotatable bonds is 5. The molecule has 0 radical (unpaired) electrons. The predicted molar refractivity (Wildman–Crippen MR) is 79.0 cm³/mol. The Hall–Kier alpha value is -1.98. The van der Waals surface area contributed by atoms with Gasteiger partial charge in [-0.25, -0.2) is 4.79 Å². The Morgan fingerprint density at radius 2 is 2.10 bits per heavy atom.